The van der Waals surface area contributed by atoms with Gasteiger partial charge in [0.15, 0.2) is 0 Å². The lowest BCUT2D eigenvalue weighted by Gasteiger charge is -2.23. The number of methoxy groups -OCH3 is 1. The largest absolute Gasteiger partial charge is 0.497 e. The zero-order valence-corrected chi connectivity index (χ0v) is 16.7. The summed E-state index contributed by atoms with van der Waals surface area (Å²) in [6.07, 6.45) is 0. The van der Waals surface area contributed by atoms with E-state index >= 15 is 0 Å². The van der Waals surface area contributed by atoms with Crippen LogP contribution in [-0.2, 0) is 21.7 Å². The van der Waals surface area contributed by atoms with Crippen molar-refractivity contribution >= 4 is 17.8 Å². The van der Waals surface area contributed by atoms with Gasteiger partial charge in [-0.25, -0.2) is 13.6 Å². The molecular formula is C21H21F2N3O4. The van der Waals surface area contributed by atoms with Crippen LogP contribution in [0.3, 0.4) is 0 Å². The molecule has 1 saturated heterocycles. The predicted molar refractivity (Wildman–Crippen MR) is 103 cm³/mol. The highest BCUT2D eigenvalue weighted by Crippen LogP contribution is 2.31. The number of urea groups is 1. The first kappa shape index (κ1) is 21.2. The predicted octanol–water partition coefficient (Wildman–Crippen LogP) is 2.40. The van der Waals surface area contributed by atoms with Gasteiger partial charge in [0, 0.05) is 19.2 Å². The molecule has 0 radical (unpaired) electrons. The molecule has 1 aliphatic heterocycles. The minimum absolute atomic E-state index is 0.232. The summed E-state index contributed by atoms with van der Waals surface area (Å²) >= 11 is 0. The molecule has 3 rings (SSSR count). The Morgan fingerprint density at radius 1 is 1.20 bits per heavy atom. The summed E-state index contributed by atoms with van der Waals surface area (Å²) < 4.78 is 33.0. The molecule has 4 amide bonds. The van der Waals surface area contributed by atoms with Gasteiger partial charge in [-0.3, -0.25) is 14.5 Å². The summed E-state index contributed by atoms with van der Waals surface area (Å²) in [5.41, 5.74) is -1.32. The minimum atomic E-state index is -1.81. The average Bonchev–Trinajstić information content (AvgIpc) is 2.93. The van der Waals surface area contributed by atoms with Crippen LogP contribution in [0.25, 0.3) is 0 Å². The van der Waals surface area contributed by atoms with Crippen LogP contribution >= 0.6 is 0 Å². The smallest absolute Gasteiger partial charge is 0.325 e. The van der Waals surface area contributed by atoms with Gasteiger partial charge in [0.25, 0.3) is 5.91 Å². The summed E-state index contributed by atoms with van der Waals surface area (Å²) in [7, 11) is 3.07. The Balaban J connectivity index is 1.74. The van der Waals surface area contributed by atoms with Gasteiger partial charge in [0.2, 0.25) is 5.91 Å². The van der Waals surface area contributed by atoms with E-state index in [4.69, 9.17) is 4.74 Å². The maximum absolute atomic E-state index is 14.2. The van der Waals surface area contributed by atoms with Gasteiger partial charge in [-0.2, -0.15) is 0 Å². The number of nitrogens with zero attached hydrogens (tertiary/aromatic N) is 2. The van der Waals surface area contributed by atoms with Crippen molar-refractivity contribution in [1.82, 2.24) is 15.1 Å². The van der Waals surface area contributed by atoms with Crippen LogP contribution in [0.5, 0.6) is 5.75 Å². The van der Waals surface area contributed by atoms with Gasteiger partial charge in [0.05, 0.1) is 7.11 Å². The maximum Gasteiger partial charge on any atom is 0.325 e. The summed E-state index contributed by atoms with van der Waals surface area (Å²) in [5, 5.41) is 2.37. The Bertz CT molecular complexity index is 1010. The lowest BCUT2D eigenvalue weighted by atomic mass is 9.91. The van der Waals surface area contributed by atoms with Crippen LogP contribution in [-0.4, -0.2) is 48.3 Å². The van der Waals surface area contributed by atoms with E-state index in [0.29, 0.717) is 10.6 Å². The van der Waals surface area contributed by atoms with E-state index in [1.54, 1.807) is 18.2 Å². The second-order valence-electron chi connectivity index (χ2n) is 7.17. The molecule has 0 bridgehead atoms. The first-order chi connectivity index (χ1) is 14.2. The molecule has 2 aromatic rings. The monoisotopic (exact) mass is 417 g/mol. The van der Waals surface area contributed by atoms with E-state index in [1.165, 1.54) is 26.0 Å². The van der Waals surface area contributed by atoms with Gasteiger partial charge in [0.1, 0.15) is 29.5 Å². The Labute approximate surface area is 172 Å². The first-order valence-electron chi connectivity index (χ1n) is 9.12. The van der Waals surface area contributed by atoms with Crippen LogP contribution in [0.4, 0.5) is 13.6 Å². The number of amides is 4. The van der Waals surface area contributed by atoms with E-state index in [2.05, 4.69) is 5.32 Å². The van der Waals surface area contributed by atoms with Crippen molar-refractivity contribution in [3.8, 4) is 5.75 Å². The fourth-order valence-electron chi connectivity index (χ4n) is 3.29. The van der Waals surface area contributed by atoms with Gasteiger partial charge in [-0.1, -0.05) is 12.1 Å². The van der Waals surface area contributed by atoms with Crippen molar-refractivity contribution in [1.29, 1.82) is 0 Å². The molecule has 0 unspecified atom stereocenters. The quantitative estimate of drug-likeness (QED) is 0.733. The van der Waals surface area contributed by atoms with Crippen LogP contribution in [0, 0.1) is 11.6 Å². The van der Waals surface area contributed by atoms with Crippen LogP contribution in [0.15, 0.2) is 42.5 Å². The molecule has 0 spiro atoms. The number of carbonyl (C=O) groups excluding carboxylic acids is 3. The fraction of sp³-hybridized carbons (Fsp3) is 0.286. The van der Waals surface area contributed by atoms with Crippen LogP contribution in [0.1, 0.15) is 18.1 Å². The molecular weight excluding hydrogens is 396 g/mol. The lowest BCUT2D eigenvalue weighted by Crippen LogP contribution is -2.44. The number of hydrogen-bond acceptors (Lipinski definition) is 4. The Morgan fingerprint density at radius 2 is 1.93 bits per heavy atom. The van der Waals surface area contributed by atoms with E-state index in [9.17, 15) is 23.2 Å². The van der Waals surface area contributed by atoms with Crippen LogP contribution < -0.4 is 10.1 Å². The van der Waals surface area contributed by atoms with E-state index < -0.39 is 41.6 Å². The third-order valence-electron chi connectivity index (χ3n) is 5.02. The van der Waals surface area contributed by atoms with Crippen molar-refractivity contribution in [2.75, 3.05) is 20.7 Å². The highest BCUT2D eigenvalue weighted by atomic mass is 19.1. The number of carbonyl (C=O) groups is 3. The summed E-state index contributed by atoms with van der Waals surface area (Å²) in [5.74, 6) is -2.28. The molecule has 2 aromatic carbocycles. The van der Waals surface area contributed by atoms with E-state index in [-0.39, 0.29) is 12.1 Å². The zero-order valence-electron chi connectivity index (χ0n) is 16.7. The van der Waals surface area contributed by atoms with Crippen molar-refractivity contribution in [2.45, 2.75) is 19.0 Å². The molecule has 1 aliphatic rings. The molecule has 9 heteroatoms. The molecule has 1 fully saturated rings. The topological polar surface area (TPSA) is 79.0 Å². The number of ether oxygens (including phenoxy) is 1. The molecule has 1 atom stereocenters. The molecule has 0 aliphatic carbocycles. The third-order valence-corrected chi connectivity index (χ3v) is 5.02. The highest BCUT2D eigenvalue weighted by molar-refractivity contribution is 6.09. The SMILES string of the molecule is COc1cccc(CN(C)C(=O)CN2C(=O)N[C@@](C)(c3cc(F)ccc3F)C2=O)c1. The third kappa shape index (κ3) is 3.96. The second kappa shape index (κ2) is 8.10. The van der Waals surface area contributed by atoms with Crippen molar-refractivity contribution in [3.63, 3.8) is 0 Å². The van der Waals surface area contributed by atoms with E-state index in [1.807, 2.05) is 6.07 Å². The number of rotatable bonds is 6. The van der Waals surface area contributed by atoms with Crippen LogP contribution in [0.2, 0.25) is 0 Å². The summed E-state index contributed by atoms with van der Waals surface area (Å²) in [4.78, 5) is 39.9. The van der Waals surface area contributed by atoms with Gasteiger partial charge < -0.3 is 15.0 Å². The molecule has 158 valence electrons. The highest BCUT2D eigenvalue weighted by Gasteiger charge is 2.51. The Kier molecular flexibility index (Phi) is 5.73. The van der Waals surface area contributed by atoms with Gasteiger partial charge in [-0.05, 0) is 42.8 Å². The number of benzene rings is 2. The molecule has 0 saturated carbocycles. The lowest BCUT2D eigenvalue weighted by molar-refractivity contribution is -0.138. The molecule has 0 aromatic heterocycles. The second-order valence-corrected chi connectivity index (χ2v) is 7.17. The number of likely N-dealkylation sites (N-methyl/N-ethyl adjacent to an activating group) is 1. The van der Waals surface area contributed by atoms with Gasteiger partial charge >= 0.3 is 6.03 Å². The number of imide groups is 1. The van der Waals surface area contributed by atoms with Crippen molar-refractivity contribution in [3.05, 3.63) is 65.2 Å². The summed E-state index contributed by atoms with van der Waals surface area (Å²) in [6.45, 7) is 0.975. The fourth-order valence-corrected chi connectivity index (χ4v) is 3.29. The Hall–Kier alpha value is -3.49. The molecule has 1 heterocycles. The molecule has 30 heavy (non-hydrogen) atoms. The Morgan fingerprint density at radius 3 is 2.63 bits per heavy atom. The number of hydrogen-bond donors (Lipinski definition) is 1. The summed E-state index contributed by atoms with van der Waals surface area (Å²) in [6, 6.07) is 8.92. The standard InChI is InChI=1S/C21H21F2N3O4/c1-21(16-10-14(22)7-8-17(16)23)19(28)26(20(29)24-21)12-18(27)25(2)11-13-5-4-6-15(9-13)30-3/h4-10H,11-12H2,1-3H3,(H,24,29)/t21-/m0/s1. The zero-order chi connectivity index (χ0) is 22.1. The maximum atomic E-state index is 14.2. The van der Waals surface area contributed by atoms with Crippen molar-refractivity contribution in [2.24, 2.45) is 0 Å². The van der Waals surface area contributed by atoms with Gasteiger partial charge in [-0.15, -0.1) is 0 Å². The molecule has 7 nitrogen and oxygen atoms in total. The number of halogens is 2. The first-order valence-corrected chi connectivity index (χ1v) is 9.12. The molecule has 1 N–H and O–H groups in total. The minimum Gasteiger partial charge on any atom is -0.497 e. The van der Waals surface area contributed by atoms with E-state index in [0.717, 1.165) is 23.8 Å². The average molecular weight is 417 g/mol. The van der Waals surface area contributed by atoms with Crippen molar-refractivity contribution < 1.29 is 27.9 Å². The number of nitrogens with one attached hydrogen (secondary N) is 1. The normalized spacial score (nSPS) is 18.4.